The minimum atomic E-state index is -0.0954. The molecule has 0 saturated heterocycles. The van der Waals surface area contributed by atoms with E-state index in [0.717, 1.165) is 12.0 Å². The molecular weight excluding hydrogens is 264 g/mol. The van der Waals surface area contributed by atoms with Crippen molar-refractivity contribution in [1.29, 1.82) is 5.41 Å². The van der Waals surface area contributed by atoms with Gasteiger partial charge in [0.05, 0.1) is 23.4 Å². The molecule has 3 N–H and O–H groups in total. The molecule has 2 rings (SSSR count). The van der Waals surface area contributed by atoms with Crippen LogP contribution < -0.4 is 10.5 Å². The number of nitrogens with one attached hydrogen (secondary N) is 1. The Morgan fingerprint density at radius 1 is 1.53 bits per heavy atom. The van der Waals surface area contributed by atoms with Gasteiger partial charge in [-0.1, -0.05) is 17.7 Å². The monoisotopic (exact) mass is 278 g/mol. The fourth-order valence-electron chi connectivity index (χ4n) is 1.77. The number of nitrogen functional groups attached to an aromatic ring is 1. The molecule has 0 spiro atoms. The number of aromatic nitrogens is 2. The number of hydrogen-bond donors (Lipinski definition) is 2. The van der Waals surface area contributed by atoms with Gasteiger partial charge in [0.15, 0.2) is 0 Å². The summed E-state index contributed by atoms with van der Waals surface area (Å²) in [5.74, 6) is 0.436. The normalized spacial score (nSPS) is 10.4. The molecule has 5 nitrogen and oxygen atoms in total. The average molecular weight is 279 g/mol. The van der Waals surface area contributed by atoms with E-state index in [4.69, 9.17) is 27.5 Å². The van der Waals surface area contributed by atoms with Crippen molar-refractivity contribution in [2.24, 2.45) is 12.8 Å². The van der Waals surface area contributed by atoms with Gasteiger partial charge >= 0.3 is 0 Å². The summed E-state index contributed by atoms with van der Waals surface area (Å²) in [6, 6.07) is 5.21. The lowest BCUT2D eigenvalue weighted by atomic mass is 10.2. The molecule has 0 unspecified atom stereocenters. The van der Waals surface area contributed by atoms with Crippen LogP contribution in [0.3, 0.4) is 0 Å². The van der Waals surface area contributed by atoms with Gasteiger partial charge in [-0.3, -0.25) is 10.1 Å². The van der Waals surface area contributed by atoms with E-state index >= 15 is 0 Å². The lowest BCUT2D eigenvalue weighted by Crippen LogP contribution is -2.14. The van der Waals surface area contributed by atoms with E-state index in [1.165, 1.54) is 0 Å². The van der Waals surface area contributed by atoms with E-state index in [9.17, 15) is 0 Å². The Bertz CT molecular complexity index is 594. The molecule has 0 saturated carbocycles. The highest BCUT2D eigenvalue weighted by atomic mass is 35.5. The lowest BCUT2D eigenvalue weighted by molar-refractivity contribution is 0.321. The van der Waals surface area contributed by atoms with Crippen LogP contribution in [-0.4, -0.2) is 22.2 Å². The highest BCUT2D eigenvalue weighted by Crippen LogP contribution is 2.25. The fraction of sp³-hybridized carbons (Fsp3) is 0.231. The van der Waals surface area contributed by atoms with Crippen molar-refractivity contribution in [3.8, 4) is 5.75 Å². The molecule has 100 valence electrons. The SMILES string of the molecule is Cn1cc(CCOc2cccc(Cl)c2C(=N)N)cn1. The number of aryl methyl sites for hydroxylation is 1. The molecule has 6 heteroatoms. The summed E-state index contributed by atoms with van der Waals surface area (Å²) >= 11 is 6.01. The maximum atomic E-state index is 7.52. The Morgan fingerprint density at radius 3 is 2.95 bits per heavy atom. The van der Waals surface area contributed by atoms with Gasteiger partial charge in [-0.2, -0.15) is 5.10 Å². The predicted molar refractivity (Wildman–Crippen MR) is 74.9 cm³/mol. The van der Waals surface area contributed by atoms with Crippen molar-refractivity contribution in [2.75, 3.05) is 6.61 Å². The van der Waals surface area contributed by atoms with Crippen LogP contribution in [0.15, 0.2) is 30.6 Å². The third-order valence-corrected chi connectivity index (χ3v) is 2.97. The zero-order valence-electron chi connectivity index (χ0n) is 10.6. The first-order chi connectivity index (χ1) is 9.08. The van der Waals surface area contributed by atoms with Crippen LogP contribution in [0.5, 0.6) is 5.75 Å². The topological polar surface area (TPSA) is 76.9 Å². The van der Waals surface area contributed by atoms with Gasteiger partial charge in [0.25, 0.3) is 0 Å². The predicted octanol–water partition coefficient (Wildman–Crippen LogP) is 1.98. The van der Waals surface area contributed by atoms with Gasteiger partial charge in [0.2, 0.25) is 0 Å². The first-order valence-electron chi connectivity index (χ1n) is 5.81. The third-order valence-electron chi connectivity index (χ3n) is 2.65. The molecule has 1 aromatic heterocycles. The summed E-state index contributed by atoms with van der Waals surface area (Å²) in [5, 5.41) is 12.0. The second kappa shape index (κ2) is 5.75. The van der Waals surface area contributed by atoms with Crippen molar-refractivity contribution in [3.63, 3.8) is 0 Å². The van der Waals surface area contributed by atoms with Crippen LogP contribution in [0, 0.1) is 5.41 Å². The summed E-state index contributed by atoms with van der Waals surface area (Å²) in [7, 11) is 1.87. The number of nitrogens with two attached hydrogens (primary N) is 1. The van der Waals surface area contributed by atoms with Gasteiger partial charge in [-0.05, 0) is 17.7 Å². The van der Waals surface area contributed by atoms with Gasteiger partial charge in [-0.15, -0.1) is 0 Å². The summed E-state index contributed by atoms with van der Waals surface area (Å²) in [6.07, 6.45) is 4.47. The first kappa shape index (κ1) is 13.4. The number of nitrogens with zero attached hydrogens (tertiary/aromatic N) is 2. The molecule has 0 radical (unpaired) electrons. The smallest absolute Gasteiger partial charge is 0.131 e. The van der Waals surface area contributed by atoms with E-state index in [0.29, 0.717) is 22.9 Å². The van der Waals surface area contributed by atoms with Crippen molar-refractivity contribution >= 4 is 17.4 Å². The second-order valence-electron chi connectivity index (χ2n) is 4.15. The number of halogens is 1. The van der Waals surface area contributed by atoms with Gasteiger partial charge < -0.3 is 10.5 Å². The minimum absolute atomic E-state index is 0.0954. The number of amidine groups is 1. The molecule has 0 aliphatic rings. The summed E-state index contributed by atoms with van der Waals surface area (Å²) in [5.41, 5.74) is 7.04. The molecule has 0 aliphatic heterocycles. The zero-order chi connectivity index (χ0) is 13.8. The summed E-state index contributed by atoms with van der Waals surface area (Å²) < 4.78 is 7.40. The molecule has 19 heavy (non-hydrogen) atoms. The molecule has 0 amide bonds. The zero-order valence-corrected chi connectivity index (χ0v) is 11.3. The maximum absolute atomic E-state index is 7.52. The lowest BCUT2D eigenvalue weighted by Gasteiger charge is -2.11. The largest absolute Gasteiger partial charge is 0.492 e. The van der Waals surface area contributed by atoms with Crippen molar-refractivity contribution in [2.45, 2.75) is 6.42 Å². The Hall–Kier alpha value is -2.01. The van der Waals surface area contributed by atoms with E-state index in [2.05, 4.69) is 5.10 Å². The third kappa shape index (κ3) is 3.26. The molecule has 0 bridgehead atoms. The Morgan fingerprint density at radius 2 is 2.32 bits per heavy atom. The highest BCUT2D eigenvalue weighted by Gasteiger charge is 2.11. The standard InChI is InChI=1S/C13H15ClN4O/c1-18-8-9(7-17-18)5-6-19-11-4-2-3-10(14)12(11)13(15)16/h2-4,7-8H,5-6H2,1H3,(H3,15,16). The highest BCUT2D eigenvalue weighted by molar-refractivity contribution is 6.34. The first-order valence-corrected chi connectivity index (χ1v) is 6.19. The molecule has 0 fully saturated rings. The number of hydrogen-bond acceptors (Lipinski definition) is 3. The van der Waals surface area contributed by atoms with Gasteiger partial charge in [-0.25, -0.2) is 0 Å². The maximum Gasteiger partial charge on any atom is 0.131 e. The average Bonchev–Trinajstić information content (AvgIpc) is 2.74. The van der Waals surface area contributed by atoms with Gasteiger partial charge in [0, 0.05) is 19.7 Å². The van der Waals surface area contributed by atoms with Crippen LogP contribution in [0.2, 0.25) is 5.02 Å². The number of rotatable bonds is 5. The number of benzene rings is 1. The molecular formula is C13H15ClN4O. The summed E-state index contributed by atoms with van der Waals surface area (Å²) in [6.45, 7) is 0.478. The van der Waals surface area contributed by atoms with E-state index in [1.54, 1.807) is 29.1 Å². The Labute approximate surface area is 116 Å². The summed E-state index contributed by atoms with van der Waals surface area (Å²) in [4.78, 5) is 0. The quantitative estimate of drug-likeness (QED) is 0.648. The molecule has 1 aromatic carbocycles. The minimum Gasteiger partial charge on any atom is -0.492 e. The van der Waals surface area contributed by atoms with E-state index < -0.39 is 0 Å². The van der Waals surface area contributed by atoms with Crippen molar-refractivity contribution in [3.05, 3.63) is 46.7 Å². The van der Waals surface area contributed by atoms with Crippen LogP contribution in [0.4, 0.5) is 0 Å². The second-order valence-corrected chi connectivity index (χ2v) is 4.55. The molecule has 0 aliphatic carbocycles. The van der Waals surface area contributed by atoms with Gasteiger partial charge in [0.1, 0.15) is 11.6 Å². The molecule has 2 aromatic rings. The number of ether oxygens (including phenoxy) is 1. The Balaban J connectivity index is 2.03. The fourth-order valence-corrected chi connectivity index (χ4v) is 2.03. The van der Waals surface area contributed by atoms with Crippen LogP contribution >= 0.6 is 11.6 Å². The molecule has 0 atom stereocenters. The van der Waals surface area contributed by atoms with E-state index in [1.807, 2.05) is 13.2 Å². The van der Waals surface area contributed by atoms with E-state index in [-0.39, 0.29) is 5.84 Å². The Kier molecular flexibility index (Phi) is 4.06. The van der Waals surface area contributed by atoms with Crippen LogP contribution in [0.25, 0.3) is 0 Å². The van der Waals surface area contributed by atoms with Crippen molar-refractivity contribution < 1.29 is 4.74 Å². The van der Waals surface area contributed by atoms with Crippen LogP contribution in [-0.2, 0) is 13.5 Å². The van der Waals surface area contributed by atoms with Crippen LogP contribution in [0.1, 0.15) is 11.1 Å². The molecule has 1 heterocycles. The van der Waals surface area contributed by atoms with Crippen molar-refractivity contribution in [1.82, 2.24) is 9.78 Å².